The molecule has 0 aliphatic carbocycles. The molecule has 1 fully saturated rings. The highest BCUT2D eigenvalue weighted by molar-refractivity contribution is 5.38. The third kappa shape index (κ3) is 3.79. The summed E-state index contributed by atoms with van der Waals surface area (Å²) in [6.45, 7) is 6.31. The summed E-state index contributed by atoms with van der Waals surface area (Å²) in [7, 11) is 0. The van der Waals surface area contributed by atoms with Crippen LogP contribution in [0.1, 0.15) is 53.7 Å². The summed E-state index contributed by atoms with van der Waals surface area (Å²) in [6, 6.07) is 10.5. The van der Waals surface area contributed by atoms with Crippen molar-refractivity contribution in [2.75, 3.05) is 19.6 Å². The molecule has 28 heavy (non-hydrogen) atoms. The first kappa shape index (κ1) is 19.4. The summed E-state index contributed by atoms with van der Waals surface area (Å²) in [5, 5.41) is 21.2. The van der Waals surface area contributed by atoms with Crippen LogP contribution in [0.3, 0.4) is 0 Å². The number of piperidine rings is 1. The van der Waals surface area contributed by atoms with Gasteiger partial charge in [0.25, 0.3) is 0 Å². The number of hydrogen-bond acceptors (Lipinski definition) is 4. The fourth-order valence-corrected chi connectivity index (χ4v) is 4.38. The molecule has 0 bridgehead atoms. The van der Waals surface area contributed by atoms with E-state index in [9.17, 15) is 14.6 Å². The Morgan fingerprint density at radius 2 is 1.89 bits per heavy atom. The van der Waals surface area contributed by atoms with Crippen LogP contribution in [0.25, 0.3) is 0 Å². The van der Waals surface area contributed by atoms with E-state index >= 15 is 0 Å². The number of hydrogen-bond donors (Lipinski definition) is 2. The van der Waals surface area contributed by atoms with Gasteiger partial charge in [-0.2, -0.15) is 0 Å². The number of aliphatic hydroxyl groups is 2. The number of nitrogens with zero attached hydrogens (tertiary/aromatic N) is 1. The highest BCUT2D eigenvalue weighted by atomic mass is 19.1. The van der Waals surface area contributed by atoms with E-state index in [-0.39, 0.29) is 5.82 Å². The predicted octanol–water partition coefficient (Wildman–Crippen LogP) is 3.83. The van der Waals surface area contributed by atoms with Crippen molar-refractivity contribution in [3.05, 3.63) is 64.5 Å². The van der Waals surface area contributed by atoms with Crippen molar-refractivity contribution in [1.82, 2.24) is 4.90 Å². The van der Waals surface area contributed by atoms with Crippen molar-refractivity contribution in [3.8, 4) is 5.75 Å². The van der Waals surface area contributed by atoms with E-state index in [1.807, 2.05) is 6.07 Å². The smallest absolute Gasteiger partial charge is 0.126 e. The van der Waals surface area contributed by atoms with E-state index in [1.54, 1.807) is 6.07 Å². The molecule has 0 unspecified atom stereocenters. The van der Waals surface area contributed by atoms with Crippen LogP contribution >= 0.6 is 0 Å². The second kappa shape index (κ2) is 7.47. The Hall–Kier alpha value is -1.95. The normalized spacial score (nSPS) is 22.5. The standard InChI is InChI=1S/C23H28FNO3/c1-15-3-4-17(11-16(15)2)21(27)14-25-9-7-23(8-10-25)13-20(26)19-12-18(24)5-6-22(19)28-23/h3-6,11-12,20-21,26-27H,7-10,13-14H2,1-2H3/t20-,21-/m0/s1. The van der Waals surface area contributed by atoms with Crippen LogP contribution in [0, 0.1) is 19.7 Å². The van der Waals surface area contributed by atoms with Gasteiger partial charge in [0.15, 0.2) is 0 Å². The molecule has 2 aromatic rings. The zero-order valence-corrected chi connectivity index (χ0v) is 16.5. The van der Waals surface area contributed by atoms with Gasteiger partial charge in [0, 0.05) is 31.6 Å². The minimum atomic E-state index is -0.702. The third-order valence-electron chi connectivity index (χ3n) is 6.34. The molecular weight excluding hydrogens is 357 g/mol. The number of fused-ring (bicyclic) bond motifs is 1. The molecule has 2 N–H and O–H groups in total. The first-order valence-electron chi connectivity index (χ1n) is 9.99. The Morgan fingerprint density at radius 1 is 1.14 bits per heavy atom. The topological polar surface area (TPSA) is 52.9 Å². The molecule has 2 aliphatic heterocycles. The summed E-state index contributed by atoms with van der Waals surface area (Å²) in [5.74, 6) is 0.233. The number of β-amino-alcohol motifs (C(OH)–C–C–N with tert-alkyl or cyclic N) is 1. The van der Waals surface area contributed by atoms with Crippen LogP contribution in [-0.4, -0.2) is 40.3 Å². The lowest BCUT2D eigenvalue weighted by Crippen LogP contribution is -2.51. The summed E-state index contributed by atoms with van der Waals surface area (Å²) in [6.07, 6.45) is 0.819. The lowest BCUT2D eigenvalue weighted by Gasteiger charge is -2.46. The van der Waals surface area contributed by atoms with Gasteiger partial charge in [0.1, 0.15) is 17.2 Å². The van der Waals surface area contributed by atoms with Crippen molar-refractivity contribution in [2.45, 2.75) is 50.9 Å². The van der Waals surface area contributed by atoms with E-state index in [2.05, 4.69) is 30.9 Å². The summed E-state index contributed by atoms with van der Waals surface area (Å²) >= 11 is 0. The van der Waals surface area contributed by atoms with Gasteiger partial charge < -0.3 is 19.8 Å². The highest BCUT2D eigenvalue weighted by Crippen LogP contribution is 2.44. The molecule has 0 aromatic heterocycles. The molecule has 4 rings (SSSR count). The number of rotatable bonds is 3. The molecule has 2 heterocycles. The van der Waals surface area contributed by atoms with Crippen LogP contribution in [-0.2, 0) is 0 Å². The van der Waals surface area contributed by atoms with Crippen molar-refractivity contribution in [1.29, 1.82) is 0 Å². The number of likely N-dealkylation sites (tertiary alicyclic amines) is 1. The summed E-state index contributed by atoms with van der Waals surface area (Å²) < 4.78 is 19.7. The number of benzene rings is 2. The quantitative estimate of drug-likeness (QED) is 0.843. The van der Waals surface area contributed by atoms with E-state index in [4.69, 9.17) is 4.74 Å². The van der Waals surface area contributed by atoms with E-state index in [0.717, 1.165) is 31.5 Å². The first-order chi connectivity index (χ1) is 13.3. The van der Waals surface area contributed by atoms with Crippen LogP contribution in [0.5, 0.6) is 5.75 Å². The van der Waals surface area contributed by atoms with Crippen LogP contribution in [0.2, 0.25) is 0 Å². The maximum Gasteiger partial charge on any atom is 0.126 e. The molecule has 4 nitrogen and oxygen atoms in total. The number of aliphatic hydroxyl groups excluding tert-OH is 2. The Labute approximate surface area is 165 Å². The SMILES string of the molecule is Cc1ccc([C@@H](O)CN2CCC3(CC2)C[C@H](O)c2cc(F)ccc2O3)cc1C. The predicted molar refractivity (Wildman–Crippen MR) is 106 cm³/mol. The molecule has 150 valence electrons. The molecular formula is C23H28FNO3. The van der Waals surface area contributed by atoms with Gasteiger partial charge in [0.2, 0.25) is 0 Å². The minimum absolute atomic E-state index is 0.354. The molecule has 1 spiro atoms. The van der Waals surface area contributed by atoms with Crippen molar-refractivity contribution >= 4 is 0 Å². The second-order valence-corrected chi connectivity index (χ2v) is 8.35. The van der Waals surface area contributed by atoms with Crippen LogP contribution in [0.15, 0.2) is 36.4 Å². The Morgan fingerprint density at radius 3 is 2.61 bits per heavy atom. The van der Waals surface area contributed by atoms with Gasteiger partial charge in [-0.25, -0.2) is 4.39 Å². The molecule has 2 atom stereocenters. The average Bonchev–Trinajstić information content (AvgIpc) is 2.67. The highest BCUT2D eigenvalue weighted by Gasteiger charge is 2.43. The van der Waals surface area contributed by atoms with Gasteiger partial charge in [-0.15, -0.1) is 0 Å². The van der Waals surface area contributed by atoms with Gasteiger partial charge in [-0.3, -0.25) is 0 Å². The maximum atomic E-state index is 13.5. The molecule has 0 amide bonds. The molecule has 0 radical (unpaired) electrons. The van der Waals surface area contributed by atoms with E-state index in [1.165, 1.54) is 23.3 Å². The van der Waals surface area contributed by atoms with E-state index < -0.39 is 17.8 Å². The molecule has 5 heteroatoms. The number of ether oxygens (including phenoxy) is 1. The first-order valence-corrected chi connectivity index (χ1v) is 9.99. The number of aryl methyl sites for hydroxylation is 2. The largest absolute Gasteiger partial charge is 0.487 e. The minimum Gasteiger partial charge on any atom is -0.487 e. The van der Waals surface area contributed by atoms with Gasteiger partial charge in [-0.1, -0.05) is 18.2 Å². The molecule has 2 aromatic carbocycles. The van der Waals surface area contributed by atoms with Crippen LogP contribution < -0.4 is 4.74 Å². The maximum absolute atomic E-state index is 13.5. The fraction of sp³-hybridized carbons (Fsp3) is 0.478. The molecule has 2 aliphatic rings. The van der Waals surface area contributed by atoms with Crippen molar-refractivity contribution in [2.24, 2.45) is 0 Å². The molecule has 0 saturated carbocycles. The Balaban J connectivity index is 1.39. The summed E-state index contributed by atoms with van der Waals surface area (Å²) in [4.78, 5) is 2.25. The van der Waals surface area contributed by atoms with Gasteiger partial charge >= 0.3 is 0 Å². The van der Waals surface area contributed by atoms with Crippen LogP contribution in [0.4, 0.5) is 4.39 Å². The van der Waals surface area contributed by atoms with Crippen molar-refractivity contribution in [3.63, 3.8) is 0 Å². The lowest BCUT2D eigenvalue weighted by molar-refractivity contribution is -0.0589. The fourth-order valence-electron chi connectivity index (χ4n) is 4.38. The number of halogens is 1. The molecule has 1 saturated heterocycles. The summed E-state index contributed by atoms with van der Waals surface area (Å²) in [5.41, 5.74) is 3.49. The Kier molecular flexibility index (Phi) is 5.17. The van der Waals surface area contributed by atoms with Crippen molar-refractivity contribution < 1.29 is 19.3 Å². The Bertz CT molecular complexity index is 861. The second-order valence-electron chi connectivity index (χ2n) is 8.35. The average molecular weight is 385 g/mol. The van der Waals surface area contributed by atoms with Gasteiger partial charge in [0.05, 0.1) is 12.2 Å². The zero-order chi connectivity index (χ0) is 19.9. The van der Waals surface area contributed by atoms with E-state index in [0.29, 0.717) is 24.3 Å². The third-order valence-corrected chi connectivity index (χ3v) is 6.34. The monoisotopic (exact) mass is 385 g/mol. The van der Waals surface area contributed by atoms with Gasteiger partial charge in [-0.05, 0) is 61.6 Å². The zero-order valence-electron chi connectivity index (χ0n) is 16.5. The lowest BCUT2D eigenvalue weighted by atomic mass is 9.81.